The van der Waals surface area contributed by atoms with Crippen molar-refractivity contribution < 1.29 is 23.1 Å². The normalized spacial score (nSPS) is 14.7. The van der Waals surface area contributed by atoms with Gasteiger partial charge in [0.15, 0.2) is 5.69 Å². The first-order valence-corrected chi connectivity index (χ1v) is 10.7. The fourth-order valence-corrected chi connectivity index (χ4v) is 4.28. The van der Waals surface area contributed by atoms with E-state index in [4.69, 9.17) is 0 Å². The first kappa shape index (κ1) is 22.0. The van der Waals surface area contributed by atoms with Gasteiger partial charge in [0, 0.05) is 36.1 Å². The molecule has 10 heteroatoms. The molecule has 4 aromatic rings. The van der Waals surface area contributed by atoms with Gasteiger partial charge in [-0.15, -0.1) is 0 Å². The van der Waals surface area contributed by atoms with Crippen molar-refractivity contribution in [2.24, 2.45) is 0 Å². The zero-order chi connectivity index (χ0) is 23.9. The lowest BCUT2D eigenvalue weighted by molar-refractivity contribution is -0.137. The second kappa shape index (κ2) is 8.53. The fourth-order valence-electron chi connectivity index (χ4n) is 4.28. The van der Waals surface area contributed by atoms with Crippen LogP contribution in [0.4, 0.5) is 13.2 Å². The number of likely N-dealkylation sites (tertiary alicyclic amines) is 1. The van der Waals surface area contributed by atoms with Gasteiger partial charge in [-0.3, -0.25) is 14.9 Å². The van der Waals surface area contributed by atoms with Crippen LogP contribution in [-0.4, -0.2) is 48.8 Å². The topological polar surface area (TPSA) is 84.1 Å². The van der Waals surface area contributed by atoms with Crippen LogP contribution in [0.3, 0.4) is 0 Å². The minimum atomic E-state index is -4.58. The Morgan fingerprint density at radius 2 is 1.74 bits per heavy atom. The number of carbonyl (C=O) groups is 1. The van der Waals surface area contributed by atoms with Gasteiger partial charge in [-0.05, 0) is 61.3 Å². The van der Waals surface area contributed by atoms with E-state index in [2.05, 4.69) is 20.0 Å². The molecule has 1 aliphatic rings. The molecule has 174 valence electrons. The zero-order valence-electron chi connectivity index (χ0n) is 18.0. The number of carboxylic acid groups (broad SMARTS) is 1. The number of rotatable bonds is 5. The first-order valence-electron chi connectivity index (χ1n) is 10.7. The Labute approximate surface area is 192 Å². The van der Waals surface area contributed by atoms with Crippen molar-refractivity contribution in [2.75, 3.05) is 13.1 Å². The number of alkyl halides is 3. The number of halogens is 3. The van der Waals surface area contributed by atoms with Gasteiger partial charge in [-0.1, -0.05) is 6.07 Å². The first-order chi connectivity index (χ1) is 16.3. The summed E-state index contributed by atoms with van der Waals surface area (Å²) < 4.78 is 40.7. The molecule has 1 aliphatic heterocycles. The van der Waals surface area contributed by atoms with Gasteiger partial charge >= 0.3 is 12.1 Å². The molecule has 4 heterocycles. The van der Waals surface area contributed by atoms with Crippen molar-refractivity contribution >= 4 is 16.9 Å². The fraction of sp³-hybridized carbons (Fsp3) is 0.250. The molecular weight excluding hydrogens is 447 g/mol. The highest BCUT2D eigenvalue weighted by Gasteiger charge is 2.31. The van der Waals surface area contributed by atoms with Gasteiger partial charge in [0.25, 0.3) is 0 Å². The number of hydrogen-bond donors (Lipinski definition) is 1. The maximum atomic E-state index is 13.2. The van der Waals surface area contributed by atoms with Crippen molar-refractivity contribution in [1.82, 2.24) is 24.6 Å². The summed E-state index contributed by atoms with van der Waals surface area (Å²) in [5.41, 5.74) is 1.82. The van der Waals surface area contributed by atoms with Crippen molar-refractivity contribution in [3.8, 4) is 16.8 Å². The van der Waals surface area contributed by atoms with E-state index in [1.165, 1.54) is 23.7 Å². The average molecular weight is 467 g/mol. The Hall–Kier alpha value is -3.79. The minimum absolute atomic E-state index is 0.0225. The Kier molecular flexibility index (Phi) is 5.52. The van der Waals surface area contributed by atoms with Gasteiger partial charge < -0.3 is 5.11 Å². The van der Waals surface area contributed by atoms with Crippen LogP contribution in [0, 0.1) is 0 Å². The average Bonchev–Trinajstić information content (AvgIpc) is 3.46. The van der Waals surface area contributed by atoms with Crippen LogP contribution in [0.15, 0.2) is 55.1 Å². The Morgan fingerprint density at radius 1 is 0.971 bits per heavy atom. The Bertz CT molecular complexity index is 1380. The molecule has 0 saturated carbocycles. The van der Waals surface area contributed by atoms with Gasteiger partial charge in [-0.2, -0.15) is 18.3 Å². The SMILES string of the molecule is O=C(O)c1nn(-c2cncc(C(F)(F)F)c2)c2ccc(-c3cncc(CN4CCCC4)c3)cc12. The van der Waals surface area contributed by atoms with Crippen LogP contribution in [0.5, 0.6) is 0 Å². The van der Waals surface area contributed by atoms with Crippen LogP contribution < -0.4 is 0 Å². The molecule has 1 aromatic carbocycles. The van der Waals surface area contributed by atoms with E-state index in [-0.39, 0.29) is 11.4 Å². The Morgan fingerprint density at radius 3 is 2.47 bits per heavy atom. The molecule has 1 saturated heterocycles. The molecule has 0 unspecified atom stereocenters. The monoisotopic (exact) mass is 467 g/mol. The molecule has 0 radical (unpaired) electrons. The smallest absolute Gasteiger partial charge is 0.417 e. The van der Waals surface area contributed by atoms with Crippen molar-refractivity contribution in [1.29, 1.82) is 0 Å². The molecule has 0 atom stereocenters. The third kappa shape index (κ3) is 4.24. The lowest BCUT2D eigenvalue weighted by Gasteiger charge is -2.14. The van der Waals surface area contributed by atoms with E-state index in [9.17, 15) is 23.1 Å². The highest BCUT2D eigenvalue weighted by atomic mass is 19.4. The summed E-state index contributed by atoms with van der Waals surface area (Å²) in [6, 6.07) is 8.03. The van der Waals surface area contributed by atoms with Gasteiger partial charge in [0.05, 0.1) is 23.0 Å². The maximum absolute atomic E-state index is 13.2. The van der Waals surface area contributed by atoms with E-state index in [1.807, 2.05) is 12.3 Å². The standard InChI is InChI=1S/C24H20F3N5O2/c25-24(26,27)18-9-19(13-29-12-18)32-21-4-3-16(8-20(21)22(30-32)23(33)34)17-7-15(10-28-11-17)14-31-5-1-2-6-31/h3-4,7-13H,1-2,5-6,14H2,(H,33,34). The summed E-state index contributed by atoms with van der Waals surface area (Å²) in [5.74, 6) is -1.28. The highest BCUT2D eigenvalue weighted by molar-refractivity contribution is 6.03. The highest BCUT2D eigenvalue weighted by Crippen LogP contribution is 2.32. The number of nitrogens with zero attached hydrogens (tertiary/aromatic N) is 5. The molecule has 0 amide bonds. The number of carboxylic acids is 1. The second-order valence-corrected chi connectivity index (χ2v) is 8.29. The van der Waals surface area contributed by atoms with Crippen LogP contribution in [0.25, 0.3) is 27.7 Å². The van der Waals surface area contributed by atoms with Gasteiger partial charge in [-0.25, -0.2) is 9.48 Å². The van der Waals surface area contributed by atoms with E-state index in [0.29, 0.717) is 17.1 Å². The molecular formula is C24H20F3N5O2. The zero-order valence-corrected chi connectivity index (χ0v) is 18.0. The molecule has 34 heavy (non-hydrogen) atoms. The summed E-state index contributed by atoms with van der Waals surface area (Å²) in [4.78, 5) is 22.3. The number of hydrogen-bond acceptors (Lipinski definition) is 5. The summed E-state index contributed by atoms with van der Waals surface area (Å²) >= 11 is 0. The Balaban J connectivity index is 1.57. The van der Waals surface area contributed by atoms with Crippen LogP contribution in [-0.2, 0) is 12.7 Å². The van der Waals surface area contributed by atoms with E-state index in [1.54, 1.807) is 24.4 Å². The van der Waals surface area contributed by atoms with Crippen molar-refractivity contribution in [3.05, 3.63) is 71.9 Å². The summed E-state index contributed by atoms with van der Waals surface area (Å²) in [6.45, 7) is 2.91. The number of fused-ring (bicyclic) bond motifs is 1. The minimum Gasteiger partial charge on any atom is -0.476 e. The van der Waals surface area contributed by atoms with E-state index in [0.717, 1.165) is 42.4 Å². The molecule has 3 aromatic heterocycles. The molecule has 1 N–H and O–H groups in total. The van der Waals surface area contributed by atoms with Crippen LogP contribution in [0.2, 0.25) is 0 Å². The molecule has 7 nitrogen and oxygen atoms in total. The predicted molar refractivity (Wildman–Crippen MR) is 119 cm³/mol. The quantitative estimate of drug-likeness (QED) is 0.454. The lowest BCUT2D eigenvalue weighted by atomic mass is 10.0. The molecule has 0 aliphatic carbocycles. The number of pyridine rings is 2. The molecule has 0 bridgehead atoms. The number of aromatic carboxylic acids is 1. The van der Waals surface area contributed by atoms with Crippen molar-refractivity contribution in [2.45, 2.75) is 25.6 Å². The summed E-state index contributed by atoms with van der Waals surface area (Å²) in [6.07, 6.45) is 3.25. The van der Waals surface area contributed by atoms with Crippen LogP contribution in [0.1, 0.15) is 34.5 Å². The number of aromatic nitrogens is 4. The molecule has 0 spiro atoms. The summed E-state index contributed by atoms with van der Waals surface area (Å²) in [7, 11) is 0. The second-order valence-electron chi connectivity index (χ2n) is 8.29. The van der Waals surface area contributed by atoms with Gasteiger partial charge in [0.1, 0.15) is 0 Å². The third-order valence-electron chi connectivity index (χ3n) is 5.91. The van der Waals surface area contributed by atoms with E-state index >= 15 is 0 Å². The molecule has 5 rings (SSSR count). The maximum Gasteiger partial charge on any atom is 0.417 e. The third-order valence-corrected chi connectivity index (χ3v) is 5.91. The predicted octanol–water partition coefficient (Wildman–Crippen LogP) is 4.80. The largest absolute Gasteiger partial charge is 0.476 e. The van der Waals surface area contributed by atoms with Crippen molar-refractivity contribution in [3.63, 3.8) is 0 Å². The van der Waals surface area contributed by atoms with Gasteiger partial charge in [0.2, 0.25) is 0 Å². The van der Waals surface area contributed by atoms with Crippen LogP contribution >= 0.6 is 0 Å². The summed E-state index contributed by atoms with van der Waals surface area (Å²) in [5, 5.41) is 14.1. The number of benzene rings is 1. The lowest BCUT2D eigenvalue weighted by Crippen LogP contribution is -2.18. The van der Waals surface area contributed by atoms with E-state index < -0.39 is 17.7 Å². The molecule has 1 fully saturated rings.